The summed E-state index contributed by atoms with van der Waals surface area (Å²) in [7, 11) is 5.05. The van der Waals surface area contributed by atoms with Crippen molar-refractivity contribution in [2.24, 2.45) is 5.41 Å². The molecule has 9 heteroatoms. The number of ether oxygens (including phenoxy) is 1. The Morgan fingerprint density at radius 1 is 1.10 bits per heavy atom. The van der Waals surface area contributed by atoms with Gasteiger partial charge in [0.05, 0.1) is 7.11 Å². The van der Waals surface area contributed by atoms with E-state index in [1.54, 1.807) is 35.9 Å². The Morgan fingerprint density at radius 2 is 1.74 bits per heavy atom. The molecule has 0 saturated carbocycles. The van der Waals surface area contributed by atoms with Crippen molar-refractivity contribution in [2.45, 2.75) is 19.9 Å². The van der Waals surface area contributed by atoms with Gasteiger partial charge in [0, 0.05) is 71.7 Å². The van der Waals surface area contributed by atoms with E-state index >= 15 is 0 Å². The summed E-state index contributed by atoms with van der Waals surface area (Å²) >= 11 is 0. The van der Waals surface area contributed by atoms with Gasteiger partial charge in [0.1, 0.15) is 5.75 Å². The summed E-state index contributed by atoms with van der Waals surface area (Å²) < 4.78 is 5.17. The quantitative estimate of drug-likeness (QED) is 0.782. The number of nitrogens with zero attached hydrogens (tertiary/aromatic N) is 4. The first kappa shape index (κ1) is 22.7. The van der Waals surface area contributed by atoms with Gasteiger partial charge in [-0.25, -0.2) is 9.59 Å². The molecular formula is C22H33N5O4. The van der Waals surface area contributed by atoms with E-state index in [1.165, 1.54) is 0 Å². The lowest BCUT2D eigenvalue weighted by molar-refractivity contribution is -0.127. The number of amides is 5. The zero-order valence-electron chi connectivity index (χ0n) is 18.9. The number of carbonyl (C=O) groups is 3. The van der Waals surface area contributed by atoms with Crippen molar-refractivity contribution in [2.75, 3.05) is 60.5 Å². The third-order valence-corrected chi connectivity index (χ3v) is 6.02. The van der Waals surface area contributed by atoms with E-state index < -0.39 is 5.41 Å². The molecule has 1 spiro atoms. The number of methoxy groups -OCH3 is 1. The van der Waals surface area contributed by atoms with Gasteiger partial charge < -0.3 is 29.7 Å². The van der Waals surface area contributed by atoms with E-state index in [0.29, 0.717) is 52.2 Å². The number of benzene rings is 1. The van der Waals surface area contributed by atoms with Gasteiger partial charge in [-0.3, -0.25) is 4.79 Å². The molecule has 2 heterocycles. The molecule has 9 nitrogen and oxygen atoms in total. The Kier molecular flexibility index (Phi) is 6.92. The van der Waals surface area contributed by atoms with Crippen LogP contribution in [0.1, 0.15) is 18.9 Å². The van der Waals surface area contributed by atoms with Gasteiger partial charge in [-0.15, -0.1) is 0 Å². The highest BCUT2D eigenvalue weighted by Gasteiger charge is 2.47. The van der Waals surface area contributed by atoms with Crippen molar-refractivity contribution in [3.8, 4) is 5.75 Å². The van der Waals surface area contributed by atoms with E-state index in [2.05, 4.69) is 5.32 Å². The molecule has 0 bridgehead atoms. The second-order valence-electron chi connectivity index (χ2n) is 8.61. The Bertz CT molecular complexity index is 813. The fraction of sp³-hybridized carbons (Fsp3) is 0.591. The molecule has 1 aromatic rings. The average Bonchev–Trinajstić information content (AvgIpc) is 2.95. The minimum atomic E-state index is -0.452. The van der Waals surface area contributed by atoms with Gasteiger partial charge in [0.25, 0.3) is 0 Å². The molecule has 2 aliphatic heterocycles. The van der Waals surface area contributed by atoms with Crippen LogP contribution in [0.5, 0.6) is 5.75 Å². The summed E-state index contributed by atoms with van der Waals surface area (Å²) in [5, 5.41) is 2.98. The first-order valence-electron chi connectivity index (χ1n) is 10.7. The Hall–Kier alpha value is -2.97. The van der Waals surface area contributed by atoms with Crippen LogP contribution < -0.4 is 10.1 Å². The maximum atomic E-state index is 13.0. The van der Waals surface area contributed by atoms with Crippen molar-refractivity contribution in [1.29, 1.82) is 0 Å². The summed E-state index contributed by atoms with van der Waals surface area (Å²) in [5.41, 5.74) is 0.517. The van der Waals surface area contributed by atoms with Crippen LogP contribution in [0.2, 0.25) is 0 Å². The molecule has 2 saturated heterocycles. The lowest BCUT2D eigenvalue weighted by Gasteiger charge is -2.34. The SMILES string of the molecule is CCN1C[C@]2(CC1=O)CN(C(=O)NCc1ccc(OC)cc1)CCN(C(=O)N(C)C)C2. The van der Waals surface area contributed by atoms with Gasteiger partial charge in [0.2, 0.25) is 5.91 Å². The number of carbonyl (C=O) groups excluding carboxylic acids is 3. The summed E-state index contributed by atoms with van der Waals surface area (Å²) in [6.07, 6.45) is 0.348. The first-order chi connectivity index (χ1) is 14.8. The number of urea groups is 2. The molecule has 1 atom stereocenters. The molecule has 0 aromatic heterocycles. The largest absolute Gasteiger partial charge is 0.497 e. The van der Waals surface area contributed by atoms with Crippen molar-refractivity contribution >= 4 is 18.0 Å². The zero-order chi connectivity index (χ0) is 22.6. The predicted octanol–water partition coefficient (Wildman–Crippen LogP) is 1.44. The van der Waals surface area contributed by atoms with E-state index in [4.69, 9.17) is 4.74 Å². The molecule has 0 aliphatic carbocycles. The van der Waals surface area contributed by atoms with Crippen LogP contribution in [-0.2, 0) is 11.3 Å². The molecule has 0 unspecified atom stereocenters. The molecule has 1 aromatic carbocycles. The maximum absolute atomic E-state index is 13.0. The zero-order valence-corrected chi connectivity index (χ0v) is 18.9. The van der Waals surface area contributed by atoms with Gasteiger partial charge in [-0.1, -0.05) is 12.1 Å². The molecular weight excluding hydrogens is 398 g/mol. The van der Waals surface area contributed by atoms with Crippen molar-refractivity contribution in [3.63, 3.8) is 0 Å². The van der Waals surface area contributed by atoms with E-state index in [9.17, 15) is 14.4 Å². The van der Waals surface area contributed by atoms with Crippen LogP contribution in [0.25, 0.3) is 0 Å². The monoisotopic (exact) mass is 431 g/mol. The van der Waals surface area contributed by atoms with Gasteiger partial charge in [-0.05, 0) is 24.6 Å². The number of rotatable bonds is 4. The van der Waals surface area contributed by atoms with Crippen LogP contribution in [0, 0.1) is 5.41 Å². The van der Waals surface area contributed by atoms with E-state index in [0.717, 1.165) is 11.3 Å². The molecule has 1 N–H and O–H groups in total. The predicted molar refractivity (Wildman–Crippen MR) is 117 cm³/mol. The standard InChI is InChI=1S/C22H33N5O4/c1-5-25-14-22(12-19(25)28)15-26(10-11-27(16-22)21(30)24(2)3)20(29)23-13-17-6-8-18(31-4)9-7-17/h6-9H,5,10-16H2,1-4H3,(H,23,29)/t22-/m1/s1. The number of hydrogen-bond donors (Lipinski definition) is 1. The third kappa shape index (κ3) is 5.21. The van der Waals surface area contributed by atoms with Gasteiger partial charge >= 0.3 is 12.1 Å². The highest BCUT2D eigenvalue weighted by atomic mass is 16.5. The molecule has 31 heavy (non-hydrogen) atoms. The molecule has 2 fully saturated rings. The Balaban J connectivity index is 1.72. The maximum Gasteiger partial charge on any atom is 0.319 e. The molecule has 3 rings (SSSR count). The summed E-state index contributed by atoms with van der Waals surface area (Å²) in [6.45, 7) is 5.32. The van der Waals surface area contributed by atoms with Crippen LogP contribution in [-0.4, -0.2) is 98.0 Å². The first-order valence-corrected chi connectivity index (χ1v) is 10.7. The highest BCUT2D eigenvalue weighted by Crippen LogP contribution is 2.35. The fourth-order valence-corrected chi connectivity index (χ4v) is 4.39. The van der Waals surface area contributed by atoms with Crippen molar-refractivity contribution < 1.29 is 19.1 Å². The topological polar surface area (TPSA) is 85.4 Å². The highest BCUT2D eigenvalue weighted by molar-refractivity contribution is 5.81. The van der Waals surface area contributed by atoms with E-state index in [-0.39, 0.29) is 18.0 Å². The lowest BCUT2D eigenvalue weighted by atomic mass is 9.86. The summed E-state index contributed by atoms with van der Waals surface area (Å²) in [4.78, 5) is 45.1. The van der Waals surface area contributed by atoms with Crippen LogP contribution in [0.15, 0.2) is 24.3 Å². The second kappa shape index (κ2) is 9.45. The Labute approximate surface area is 183 Å². The normalized spacial score (nSPS) is 21.3. The van der Waals surface area contributed by atoms with Gasteiger partial charge in [0.15, 0.2) is 0 Å². The van der Waals surface area contributed by atoms with Crippen LogP contribution in [0.3, 0.4) is 0 Å². The van der Waals surface area contributed by atoms with Crippen molar-refractivity contribution in [3.05, 3.63) is 29.8 Å². The third-order valence-electron chi connectivity index (χ3n) is 6.02. The van der Waals surface area contributed by atoms with E-state index in [1.807, 2.05) is 36.1 Å². The smallest absolute Gasteiger partial charge is 0.319 e. The van der Waals surface area contributed by atoms with Gasteiger partial charge in [-0.2, -0.15) is 0 Å². The summed E-state index contributed by atoms with van der Waals surface area (Å²) in [6, 6.07) is 7.26. The average molecular weight is 432 g/mol. The van der Waals surface area contributed by atoms with Crippen LogP contribution >= 0.6 is 0 Å². The molecule has 170 valence electrons. The lowest BCUT2D eigenvalue weighted by Crippen LogP contribution is -2.48. The molecule has 0 radical (unpaired) electrons. The number of nitrogens with one attached hydrogen (secondary N) is 1. The van der Waals surface area contributed by atoms with Crippen LogP contribution in [0.4, 0.5) is 9.59 Å². The number of hydrogen-bond acceptors (Lipinski definition) is 4. The Morgan fingerprint density at radius 3 is 2.32 bits per heavy atom. The molecule has 5 amide bonds. The minimum absolute atomic E-state index is 0.0836. The molecule has 2 aliphatic rings. The number of likely N-dealkylation sites (tertiary alicyclic amines) is 1. The summed E-state index contributed by atoms with van der Waals surface area (Å²) in [5.74, 6) is 0.849. The minimum Gasteiger partial charge on any atom is -0.497 e. The second-order valence-corrected chi connectivity index (χ2v) is 8.61. The fourth-order valence-electron chi connectivity index (χ4n) is 4.39. The van der Waals surface area contributed by atoms with Crippen molar-refractivity contribution in [1.82, 2.24) is 24.9 Å².